The smallest absolute Gasteiger partial charge is 0.168 e. The molecule has 0 aliphatic heterocycles. The molecule has 0 saturated heterocycles. The van der Waals surface area contributed by atoms with Gasteiger partial charge in [0.05, 0.1) is 5.69 Å². The van der Waals surface area contributed by atoms with Crippen LogP contribution in [0.25, 0.3) is 50.5 Å². The zero-order valence-corrected chi connectivity index (χ0v) is 21.0. The molecule has 0 unspecified atom stereocenters. The van der Waals surface area contributed by atoms with E-state index in [1.807, 2.05) is 30.6 Å². The third kappa shape index (κ3) is 4.28. The lowest BCUT2D eigenvalue weighted by atomic mass is 9.90. The summed E-state index contributed by atoms with van der Waals surface area (Å²) in [5, 5.41) is 8.90. The summed E-state index contributed by atoms with van der Waals surface area (Å²) in [6.07, 6.45) is 1.81. The first-order valence-corrected chi connectivity index (χ1v) is 12.6. The van der Waals surface area contributed by atoms with Crippen LogP contribution in [0.1, 0.15) is 0 Å². The van der Waals surface area contributed by atoms with E-state index in [1.165, 1.54) is 5.56 Å². The van der Waals surface area contributed by atoms with Crippen LogP contribution >= 0.6 is 15.9 Å². The van der Waals surface area contributed by atoms with Gasteiger partial charge in [-0.15, -0.1) is 10.2 Å². The first-order chi connectivity index (χ1) is 17.8. The molecular weight excluding hydrogens is 506 g/mol. The van der Waals surface area contributed by atoms with Crippen molar-refractivity contribution in [2.75, 3.05) is 0 Å². The molecule has 0 radical (unpaired) electrons. The van der Waals surface area contributed by atoms with Crippen molar-refractivity contribution in [3.63, 3.8) is 0 Å². The zero-order valence-electron chi connectivity index (χ0n) is 19.4. The average molecular weight is 528 g/mol. The molecule has 1 heterocycles. The number of halogens is 1. The van der Waals surface area contributed by atoms with E-state index in [0.717, 1.165) is 49.4 Å². The molecular formula is C32H22BrN3. The van der Waals surface area contributed by atoms with Crippen LogP contribution in [0.4, 0.5) is 0 Å². The zero-order chi connectivity index (χ0) is 24.3. The van der Waals surface area contributed by atoms with Gasteiger partial charge in [0, 0.05) is 21.2 Å². The van der Waals surface area contributed by atoms with Crippen molar-refractivity contribution >= 4 is 15.9 Å². The van der Waals surface area contributed by atoms with Gasteiger partial charge in [-0.05, 0) is 46.5 Å². The normalized spacial score (nSPS) is 10.9. The SMILES string of the molecule is Brc1cccc(-c2nncn2-c2c(-c3ccccc3)cc(-c3ccccc3)cc2-c2ccccc2)c1. The summed E-state index contributed by atoms with van der Waals surface area (Å²) in [6.45, 7) is 0. The number of hydrogen-bond donors (Lipinski definition) is 0. The van der Waals surface area contributed by atoms with Crippen molar-refractivity contribution in [3.05, 3.63) is 138 Å². The fourth-order valence-corrected chi connectivity index (χ4v) is 4.99. The summed E-state index contributed by atoms with van der Waals surface area (Å²) in [5.41, 5.74) is 8.88. The number of hydrogen-bond acceptors (Lipinski definition) is 2. The molecule has 0 bridgehead atoms. The number of aromatic nitrogens is 3. The maximum atomic E-state index is 4.55. The summed E-state index contributed by atoms with van der Waals surface area (Å²) in [5.74, 6) is 0.790. The molecule has 0 aliphatic rings. The van der Waals surface area contributed by atoms with Crippen LogP contribution in [0.3, 0.4) is 0 Å². The number of nitrogens with zero attached hydrogens (tertiary/aromatic N) is 3. The second kappa shape index (κ2) is 9.76. The molecule has 0 aliphatic carbocycles. The molecule has 4 heteroatoms. The van der Waals surface area contributed by atoms with E-state index >= 15 is 0 Å². The molecule has 0 amide bonds. The van der Waals surface area contributed by atoms with E-state index in [-0.39, 0.29) is 0 Å². The van der Waals surface area contributed by atoms with Crippen molar-refractivity contribution in [2.24, 2.45) is 0 Å². The van der Waals surface area contributed by atoms with Gasteiger partial charge >= 0.3 is 0 Å². The van der Waals surface area contributed by atoms with Gasteiger partial charge in [0.25, 0.3) is 0 Å². The van der Waals surface area contributed by atoms with Crippen molar-refractivity contribution in [3.8, 4) is 50.5 Å². The average Bonchev–Trinajstić information content (AvgIpc) is 3.43. The molecule has 6 aromatic rings. The molecule has 1 aromatic heterocycles. The van der Waals surface area contributed by atoms with Crippen LogP contribution in [0, 0.1) is 0 Å². The number of benzene rings is 5. The topological polar surface area (TPSA) is 30.7 Å². The Morgan fingerprint density at radius 2 is 1.03 bits per heavy atom. The Hall–Kier alpha value is -4.28. The maximum absolute atomic E-state index is 4.55. The van der Waals surface area contributed by atoms with Gasteiger partial charge in [-0.2, -0.15) is 0 Å². The lowest BCUT2D eigenvalue weighted by Crippen LogP contribution is -2.03. The lowest BCUT2D eigenvalue weighted by molar-refractivity contribution is 1.07. The summed E-state index contributed by atoms with van der Waals surface area (Å²) in [7, 11) is 0. The summed E-state index contributed by atoms with van der Waals surface area (Å²) < 4.78 is 3.11. The maximum Gasteiger partial charge on any atom is 0.168 e. The van der Waals surface area contributed by atoms with E-state index in [1.54, 1.807) is 0 Å². The van der Waals surface area contributed by atoms with Crippen LogP contribution in [0.5, 0.6) is 0 Å². The van der Waals surface area contributed by atoms with Crippen molar-refractivity contribution in [1.82, 2.24) is 14.8 Å². The molecule has 36 heavy (non-hydrogen) atoms. The first-order valence-electron chi connectivity index (χ1n) is 11.8. The minimum Gasteiger partial charge on any atom is -0.280 e. The molecule has 0 atom stereocenters. The second-order valence-corrected chi connectivity index (χ2v) is 9.47. The van der Waals surface area contributed by atoms with Crippen LogP contribution in [0.15, 0.2) is 138 Å². The highest BCUT2D eigenvalue weighted by Gasteiger charge is 2.20. The van der Waals surface area contributed by atoms with Gasteiger partial charge in [0.1, 0.15) is 6.33 Å². The minimum absolute atomic E-state index is 0.790. The van der Waals surface area contributed by atoms with E-state index < -0.39 is 0 Å². The van der Waals surface area contributed by atoms with Gasteiger partial charge in [-0.1, -0.05) is 119 Å². The molecule has 0 spiro atoms. The van der Waals surface area contributed by atoms with E-state index in [4.69, 9.17) is 0 Å². The molecule has 3 nitrogen and oxygen atoms in total. The Labute approximate surface area is 218 Å². The van der Waals surface area contributed by atoms with E-state index in [9.17, 15) is 0 Å². The largest absolute Gasteiger partial charge is 0.280 e. The summed E-state index contributed by atoms with van der Waals surface area (Å²) in [4.78, 5) is 0. The molecule has 5 aromatic carbocycles. The number of rotatable bonds is 5. The first kappa shape index (κ1) is 22.2. The standard InChI is InChI=1S/C32H22BrN3/c33-28-18-10-17-26(19-28)32-35-34-22-36(32)31-29(24-13-6-2-7-14-24)20-27(23-11-4-1-5-12-23)21-30(31)25-15-8-3-9-16-25/h1-22H. The van der Waals surface area contributed by atoms with Gasteiger partial charge in [-0.3, -0.25) is 4.57 Å². The third-order valence-electron chi connectivity index (χ3n) is 6.26. The van der Waals surface area contributed by atoms with Crippen LogP contribution in [0.2, 0.25) is 0 Å². The minimum atomic E-state index is 0.790. The van der Waals surface area contributed by atoms with Crippen molar-refractivity contribution < 1.29 is 0 Å². The van der Waals surface area contributed by atoms with Gasteiger partial charge in [0.2, 0.25) is 0 Å². The predicted octanol–water partition coefficient (Wildman–Crippen LogP) is 8.70. The Morgan fingerprint density at radius 1 is 0.500 bits per heavy atom. The Balaban J connectivity index is 1.70. The van der Waals surface area contributed by atoms with E-state index in [0.29, 0.717) is 0 Å². The highest BCUT2D eigenvalue weighted by Crippen LogP contribution is 2.41. The molecule has 6 rings (SSSR count). The lowest BCUT2D eigenvalue weighted by Gasteiger charge is -2.20. The molecule has 0 fully saturated rings. The van der Waals surface area contributed by atoms with Crippen LogP contribution in [-0.4, -0.2) is 14.8 Å². The summed E-state index contributed by atoms with van der Waals surface area (Å²) in [6, 6.07) is 44.3. The third-order valence-corrected chi connectivity index (χ3v) is 6.75. The molecule has 0 saturated carbocycles. The van der Waals surface area contributed by atoms with E-state index in [2.05, 4.69) is 134 Å². The van der Waals surface area contributed by atoms with Crippen molar-refractivity contribution in [1.29, 1.82) is 0 Å². The summed E-state index contributed by atoms with van der Waals surface area (Å²) >= 11 is 3.61. The Bertz CT molecular complexity index is 1560. The highest BCUT2D eigenvalue weighted by atomic mass is 79.9. The Morgan fingerprint density at radius 3 is 1.58 bits per heavy atom. The molecule has 0 N–H and O–H groups in total. The van der Waals surface area contributed by atoms with Gasteiger partial charge < -0.3 is 0 Å². The quantitative estimate of drug-likeness (QED) is 0.224. The van der Waals surface area contributed by atoms with Crippen LogP contribution in [-0.2, 0) is 0 Å². The van der Waals surface area contributed by atoms with Crippen LogP contribution < -0.4 is 0 Å². The monoisotopic (exact) mass is 527 g/mol. The van der Waals surface area contributed by atoms with Crippen molar-refractivity contribution in [2.45, 2.75) is 0 Å². The fraction of sp³-hybridized carbons (Fsp3) is 0. The van der Waals surface area contributed by atoms with Gasteiger partial charge in [-0.25, -0.2) is 0 Å². The van der Waals surface area contributed by atoms with Gasteiger partial charge in [0.15, 0.2) is 5.82 Å². The second-order valence-electron chi connectivity index (χ2n) is 8.55. The highest BCUT2D eigenvalue weighted by molar-refractivity contribution is 9.10. The fourth-order valence-electron chi connectivity index (χ4n) is 4.59. The predicted molar refractivity (Wildman–Crippen MR) is 151 cm³/mol. The Kier molecular flexibility index (Phi) is 6.02. The molecule has 172 valence electrons.